The minimum atomic E-state index is -0.337. The number of hydrogen-bond acceptors (Lipinski definition) is 5. The van der Waals surface area contributed by atoms with Crippen molar-refractivity contribution in [3.63, 3.8) is 0 Å². The number of carbonyl (C=O) groups is 2. The molecule has 0 unspecified atom stereocenters. The average molecular weight is 452 g/mol. The van der Waals surface area contributed by atoms with Crippen molar-refractivity contribution in [2.24, 2.45) is 0 Å². The summed E-state index contributed by atoms with van der Waals surface area (Å²) in [6, 6.07) is 26.4. The van der Waals surface area contributed by atoms with E-state index < -0.39 is 0 Å². The highest BCUT2D eigenvalue weighted by Crippen LogP contribution is 2.23. The minimum absolute atomic E-state index is 0.0769. The largest absolute Gasteiger partial charge is 0.496 e. The van der Waals surface area contributed by atoms with Crippen LogP contribution in [0.25, 0.3) is 11.1 Å². The molecular weight excluding hydrogens is 426 g/mol. The molecule has 1 amide bonds. The molecule has 6 heteroatoms. The van der Waals surface area contributed by atoms with Crippen LogP contribution in [-0.2, 0) is 13.0 Å². The highest BCUT2D eigenvalue weighted by Gasteiger charge is 2.16. The molecule has 0 aliphatic rings. The van der Waals surface area contributed by atoms with Gasteiger partial charge in [0.25, 0.3) is 5.91 Å². The van der Waals surface area contributed by atoms with Gasteiger partial charge in [-0.1, -0.05) is 60.7 Å². The number of rotatable bonds is 8. The Bertz CT molecular complexity index is 1290. The highest BCUT2D eigenvalue weighted by atomic mass is 16.5. The topological polar surface area (TPSA) is 94.3 Å². The lowest BCUT2D eigenvalue weighted by Gasteiger charge is -2.11. The van der Waals surface area contributed by atoms with Gasteiger partial charge in [0.15, 0.2) is 5.78 Å². The predicted octanol–water partition coefficient (Wildman–Crippen LogP) is 4.69. The summed E-state index contributed by atoms with van der Waals surface area (Å²) >= 11 is 0. The lowest BCUT2D eigenvalue weighted by molar-refractivity contribution is 0.0948. The number of hydrogen-bond donors (Lipinski definition) is 2. The molecule has 4 aromatic rings. The van der Waals surface area contributed by atoms with E-state index in [1.54, 1.807) is 36.5 Å². The number of Topliss-reactive ketones (excluding diaryl/α,β-unsaturated/α-hetero) is 1. The number of carbonyl (C=O) groups excluding carboxylic acids is 2. The zero-order valence-electron chi connectivity index (χ0n) is 18.8. The van der Waals surface area contributed by atoms with Gasteiger partial charge in [0.1, 0.15) is 11.6 Å². The summed E-state index contributed by atoms with van der Waals surface area (Å²) in [4.78, 5) is 29.8. The third kappa shape index (κ3) is 5.48. The van der Waals surface area contributed by atoms with Gasteiger partial charge in [0.05, 0.1) is 12.7 Å². The van der Waals surface area contributed by atoms with Gasteiger partial charge < -0.3 is 15.8 Å². The molecule has 170 valence electrons. The maximum Gasteiger partial charge on any atom is 0.255 e. The average Bonchev–Trinajstić information content (AvgIpc) is 2.88. The van der Waals surface area contributed by atoms with Crippen LogP contribution < -0.4 is 15.8 Å². The number of nitrogens with two attached hydrogens (primary N) is 1. The molecule has 3 aromatic carbocycles. The number of amides is 1. The summed E-state index contributed by atoms with van der Waals surface area (Å²) in [6.45, 7) is 0.279. The molecule has 0 spiro atoms. The Hall–Kier alpha value is -4.45. The Labute approximate surface area is 198 Å². The van der Waals surface area contributed by atoms with E-state index in [1.807, 2.05) is 54.6 Å². The van der Waals surface area contributed by atoms with Crippen molar-refractivity contribution in [2.75, 3.05) is 12.8 Å². The van der Waals surface area contributed by atoms with E-state index in [0.717, 1.165) is 22.3 Å². The van der Waals surface area contributed by atoms with E-state index in [2.05, 4.69) is 10.3 Å². The molecule has 0 aliphatic heterocycles. The first-order valence-corrected chi connectivity index (χ1v) is 10.9. The molecule has 0 fully saturated rings. The number of ketones is 1. The van der Waals surface area contributed by atoms with Crippen LogP contribution in [0.5, 0.6) is 5.75 Å². The van der Waals surface area contributed by atoms with Gasteiger partial charge in [-0.3, -0.25) is 9.59 Å². The van der Waals surface area contributed by atoms with E-state index in [0.29, 0.717) is 22.7 Å². The number of methoxy groups -OCH3 is 1. The van der Waals surface area contributed by atoms with Gasteiger partial charge >= 0.3 is 0 Å². The number of nitrogens with one attached hydrogen (secondary N) is 1. The number of benzene rings is 3. The van der Waals surface area contributed by atoms with Gasteiger partial charge in [-0.25, -0.2) is 4.98 Å². The fraction of sp³-hybridized carbons (Fsp3) is 0.107. The summed E-state index contributed by atoms with van der Waals surface area (Å²) in [5.41, 5.74) is 10.3. The van der Waals surface area contributed by atoms with E-state index in [4.69, 9.17) is 10.5 Å². The second kappa shape index (κ2) is 10.4. The first-order chi connectivity index (χ1) is 16.5. The van der Waals surface area contributed by atoms with Crippen LogP contribution in [0.3, 0.4) is 0 Å². The fourth-order valence-corrected chi connectivity index (χ4v) is 3.61. The van der Waals surface area contributed by atoms with E-state index in [9.17, 15) is 9.59 Å². The first-order valence-electron chi connectivity index (χ1n) is 10.9. The molecule has 1 aromatic heterocycles. The zero-order valence-corrected chi connectivity index (χ0v) is 18.8. The van der Waals surface area contributed by atoms with Gasteiger partial charge in [-0.05, 0) is 46.5 Å². The molecule has 34 heavy (non-hydrogen) atoms. The fourth-order valence-electron chi connectivity index (χ4n) is 3.61. The molecule has 4 rings (SSSR count). The molecule has 3 N–H and O–H groups in total. The molecule has 0 saturated carbocycles. The van der Waals surface area contributed by atoms with Crippen molar-refractivity contribution in [3.8, 4) is 16.9 Å². The third-order valence-corrected chi connectivity index (χ3v) is 5.49. The number of nitrogen functional groups attached to an aromatic ring is 1. The molecule has 0 atom stereocenters. The summed E-state index contributed by atoms with van der Waals surface area (Å²) in [5, 5.41) is 2.84. The standard InChI is InChI=1S/C28H25N3O3/c1-34-26-13-12-23(16-24(26)28(33)31-18-20-9-14-27(29)30-17-20)25(32)15-19-7-10-22(11-8-19)21-5-3-2-4-6-21/h2-14,16-17H,15,18H2,1H3,(H2,29,30)(H,31,33). The SMILES string of the molecule is COc1ccc(C(=O)Cc2ccc(-c3ccccc3)cc2)cc1C(=O)NCc1ccc(N)nc1. The summed E-state index contributed by atoms with van der Waals surface area (Å²) in [6.07, 6.45) is 1.84. The van der Waals surface area contributed by atoms with Gasteiger partial charge in [-0.2, -0.15) is 0 Å². The van der Waals surface area contributed by atoms with Gasteiger partial charge in [-0.15, -0.1) is 0 Å². The smallest absolute Gasteiger partial charge is 0.255 e. The van der Waals surface area contributed by atoms with Crippen LogP contribution in [-0.4, -0.2) is 23.8 Å². The minimum Gasteiger partial charge on any atom is -0.496 e. The Morgan fingerprint density at radius 2 is 1.59 bits per heavy atom. The number of aromatic nitrogens is 1. The quantitative estimate of drug-likeness (QED) is 0.379. The maximum absolute atomic E-state index is 13.0. The number of nitrogens with zero attached hydrogens (tertiary/aromatic N) is 1. The van der Waals surface area contributed by atoms with Crippen molar-refractivity contribution < 1.29 is 14.3 Å². The van der Waals surface area contributed by atoms with Gasteiger partial charge in [0.2, 0.25) is 0 Å². The van der Waals surface area contributed by atoms with E-state index in [-0.39, 0.29) is 24.7 Å². The molecule has 0 aliphatic carbocycles. The Morgan fingerprint density at radius 1 is 0.882 bits per heavy atom. The first kappa shape index (κ1) is 22.7. The number of pyridine rings is 1. The van der Waals surface area contributed by atoms with Crippen LogP contribution >= 0.6 is 0 Å². The summed E-state index contributed by atoms with van der Waals surface area (Å²) < 4.78 is 5.34. The molecule has 0 saturated heterocycles. The second-order valence-electron chi connectivity index (χ2n) is 7.85. The zero-order chi connectivity index (χ0) is 23.9. The van der Waals surface area contributed by atoms with Crippen molar-refractivity contribution in [1.82, 2.24) is 10.3 Å². The highest BCUT2D eigenvalue weighted by molar-refractivity contribution is 6.03. The van der Waals surface area contributed by atoms with Crippen LogP contribution in [0.4, 0.5) is 5.82 Å². The number of anilines is 1. The summed E-state index contributed by atoms with van der Waals surface area (Å²) in [7, 11) is 1.49. The van der Waals surface area contributed by atoms with Crippen LogP contribution in [0.1, 0.15) is 31.8 Å². The molecule has 1 heterocycles. The third-order valence-electron chi connectivity index (χ3n) is 5.49. The second-order valence-corrected chi connectivity index (χ2v) is 7.85. The monoisotopic (exact) mass is 451 g/mol. The van der Waals surface area contributed by atoms with E-state index >= 15 is 0 Å². The van der Waals surface area contributed by atoms with Crippen molar-refractivity contribution >= 4 is 17.5 Å². The molecular formula is C28H25N3O3. The molecule has 0 bridgehead atoms. The predicted molar refractivity (Wildman–Crippen MR) is 133 cm³/mol. The maximum atomic E-state index is 13.0. The van der Waals surface area contributed by atoms with Gasteiger partial charge in [0, 0.05) is 24.7 Å². The van der Waals surface area contributed by atoms with Crippen molar-refractivity contribution in [3.05, 3.63) is 113 Å². The Kier molecular flexibility index (Phi) is 6.98. The van der Waals surface area contributed by atoms with Crippen molar-refractivity contribution in [2.45, 2.75) is 13.0 Å². The Morgan fingerprint density at radius 3 is 2.26 bits per heavy atom. The summed E-state index contributed by atoms with van der Waals surface area (Å²) in [5.74, 6) is 0.400. The molecule has 0 radical (unpaired) electrons. The normalized spacial score (nSPS) is 10.5. The van der Waals surface area contributed by atoms with E-state index in [1.165, 1.54) is 7.11 Å². The number of ether oxygens (including phenoxy) is 1. The lowest BCUT2D eigenvalue weighted by atomic mass is 9.98. The van der Waals surface area contributed by atoms with Crippen LogP contribution in [0.2, 0.25) is 0 Å². The van der Waals surface area contributed by atoms with Crippen molar-refractivity contribution in [1.29, 1.82) is 0 Å². The Balaban J connectivity index is 1.46. The molecule has 6 nitrogen and oxygen atoms in total. The van der Waals surface area contributed by atoms with Crippen LogP contribution in [0, 0.1) is 0 Å². The lowest BCUT2D eigenvalue weighted by Crippen LogP contribution is -2.24. The van der Waals surface area contributed by atoms with Crippen LogP contribution in [0.15, 0.2) is 91.1 Å².